The Morgan fingerprint density at radius 2 is 1.56 bits per heavy atom. The zero-order chi connectivity index (χ0) is 25.9. The summed E-state index contributed by atoms with van der Waals surface area (Å²) in [5.41, 5.74) is 3.27. The van der Waals surface area contributed by atoms with Crippen LogP contribution in [0.15, 0.2) is 36.4 Å². The zero-order valence-corrected chi connectivity index (χ0v) is 22.2. The first-order chi connectivity index (χ1) is 17.5. The molecule has 0 spiro atoms. The third-order valence-electron chi connectivity index (χ3n) is 7.00. The molecule has 0 aliphatic carbocycles. The SMILES string of the molecule is CCCCCCN(CCCCCC)C(=O)c1ccc2c(c1)CN(C(=O)c1ccc(F)c(OC)c1)CC2. The number of amides is 2. The van der Waals surface area contributed by atoms with Gasteiger partial charge < -0.3 is 14.5 Å². The molecule has 0 saturated heterocycles. The lowest BCUT2D eigenvalue weighted by Gasteiger charge is -2.30. The number of carbonyl (C=O) groups excluding carboxylic acids is 2. The average molecular weight is 497 g/mol. The Morgan fingerprint density at radius 3 is 2.19 bits per heavy atom. The lowest BCUT2D eigenvalue weighted by molar-refractivity contribution is 0.0734. The fourth-order valence-electron chi connectivity index (χ4n) is 4.80. The van der Waals surface area contributed by atoms with E-state index in [0.717, 1.165) is 50.8 Å². The summed E-state index contributed by atoms with van der Waals surface area (Å²) in [4.78, 5) is 30.4. The summed E-state index contributed by atoms with van der Waals surface area (Å²) in [7, 11) is 1.39. The van der Waals surface area contributed by atoms with Crippen LogP contribution in [0.5, 0.6) is 5.75 Å². The topological polar surface area (TPSA) is 49.9 Å². The maximum Gasteiger partial charge on any atom is 0.254 e. The van der Waals surface area contributed by atoms with Crippen LogP contribution in [0.1, 0.15) is 97.1 Å². The maximum absolute atomic E-state index is 13.8. The van der Waals surface area contributed by atoms with Gasteiger partial charge in [0.25, 0.3) is 11.8 Å². The van der Waals surface area contributed by atoms with Gasteiger partial charge >= 0.3 is 0 Å². The van der Waals surface area contributed by atoms with E-state index in [1.807, 2.05) is 23.1 Å². The van der Waals surface area contributed by atoms with Gasteiger partial charge in [0.15, 0.2) is 11.6 Å². The molecular formula is C30H41FN2O3. The van der Waals surface area contributed by atoms with E-state index in [0.29, 0.717) is 24.2 Å². The molecule has 1 aliphatic rings. The molecule has 0 radical (unpaired) electrons. The van der Waals surface area contributed by atoms with Crippen molar-refractivity contribution in [1.29, 1.82) is 0 Å². The van der Waals surface area contributed by atoms with Crippen molar-refractivity contribution < 1.29 is 18.7 Å². The Bertz CT molecular complexity index is 1010. The number of halogens is 1. The van der Waals surface area contributed by atoms with Crippen molar-refractivity contribution in [3.8, 4) is 5.75 Å². The Morgan fingerprint density at radius 1 is 0.889 bits per heavy atom. The van der Waals surface area contributed by atoms with Crippen LogP contribution >= 0.6 is 0 Å². The Kier molecular flexibility index (Phi) is 10.8. The van der Waals surface area contributed by atoms with Gasteiger partial charge in [0.2, 0.25) is 0 Å². The number of methoxy groups -OCH3 is 1. The Balaban J connectivity index is 1.72. The molecule has 2 aromatic rings. The predicted molar refractivity (Wildman–Crippen MR) is 142 cm³/mol. The predicted octanol–water partition coefficient (Wildman–Crippen LogP) is 6.64. The molecule has 3 rings (SSSR count). The summed E-state index contributed by atoms with van der Waals surface area (Å²) in [6.07, 6.45) is 9.82. The minimum Gasteiger partial charge on any atom is -0.494 e. The molecule has 0 fully saturated rings. The number of benzene rings is 2. The number of nitrogens with zero attached hydrogens (tertiary/aromatic N) is 2. The summed E-state index contributed by atoms with van der Waals surface area (Å²) in [6, 6.07) is 10.1. The Labute approximate surface area is 215 Å². The standard InChI is InChI=1S/C30H41FN2O3/c1-4-6-8-10-17-32(18-11-9-7-5-2)29(34)24-13-12-23-16-19-33(22-26(23)20-24)30(35)25-14-15-27(31)28(21-25)36-3/h12-15,20-21H,4-11,16-19,22H2,1-3H3. The monoisotopic (exact) mass is 496 g/mol. The third-order valence-corrected chi connectivity index (χ3v) is 7.00. The quantitative estimate of drug-likeness (QED) is 0.292. The number of unbranched alkanes of at least 4 members (excludes halogenated alkanes) is 6. The molecule has 2 aromatic carbocycles. The van der Waals surface area contributed by atoms with Crippen LogP contribution in [-0.4, -0.2) is 48.4 Å². The van der Waals surface area contributed by atoms with Crippen molar-refractivity contribution in [2.75, 3.05) is 26.7 Å². The molecule has 1 aliphatic heterocycles. The van der Waals surface area contributed by atoms with E-state index in [-0.39, 0.29) is 17.6 Å². The highest BCUT2D eigenvalue weighted by atomic mass is 19.1. The summed E-state index contributed by atoms with van der Waals surface area (Å²) in [6.45, 7) is 6.99. The van der Waals surface area contributed by atoms with Gasteiger partial charge in [-0.3, -0.25) is 9.59 Å². The molecular weight excluding hydrogens is 455 g/mol. The van der Waals surface area contributed by atoms with Crippen LogP contribution in [-0.2, 0) is 13.0 Å². The van der Waals surface area contributed by atoms with Crippen LogP contribution in [0.25, 0.3) is 0 Å². The lowest BCUT2D eigenvalue weighted by Crippen LogP contribution is -2.36. The van der Waals surface area contributed by atoms with E-state index < -0.39 is 5.82 Å². The molecule has 2 amide bonds. The summed E-state index contributed by atoms with van der Waals surface area (Å²) >= 11 is 0. The molecule has 0 atom stereocenters. The van der Waals surface area contributed by atoms with Crippen molar-refractivity contribution in [3.05, 3.63) is 64.5 Å². The molecule has 5 nitrogen and oxygen atoms in total. The molecule has 0 bridgehead atoms. The van der Waals surface area contributed by atoms with Crippen molar-refractivity contribution in [3.63, 3.8) is 0 Å². The summed E-state index contributed by atoms with van der Waals surface area (Å²) < 4.78 is 18.8. The fourth-order valence-corrected chi connectivity index (χ4v) is 4.80. The molecule has 0 unspecified atom stereocenters. The van der Waals surface area contributed by atoms with E-state index in [9.17, 15) is 14.0 Å². The number of rotatable bonds is 13. The lowest BCUT2D eigenvalue weighted by atomic mass is 9.96. The van der Waals surface area contributed by atoms with E-state index in [2.05, 4.69) is 13.8 Å². The van der Waals surface area contributed by atoms with Gasteiger partial charge in [0, 0.05) is 37.3 Å². The van der Waals surface area contributed by atoms with Gasteiger partial charge in [-0.2, -0.15) is 0 Å². The first-order valence-corrected chi connectivity index (χ1v) is 13.5. The third kappa shape index (κ3) is 7.31. The van der Waals surface area contributed by atoms with Crippen LogP contribution < -0.4 is 4.74 Å². The highest BCUT2D eigenvalue weighted by Gasteiger charge is 2.24. The number of fused-ring (bicyclic) bond motifs is 1. The van der Waals surface area contributed by atoms with Gasteiger partial charge in [-0.15, -0.1) is 0 Å². The van der Waals surface area contributed by atoms with Crippen LogP contribution in [0, 0.1) is 5.82 Å². The average Bonchev–Trinajstić information content (AvgIpc) is 2.91. The Hall–Kier alpha value is -2.89. The molecule has 36 heavy (non-hydrogen) atoms. The second-order valence-corrected chi connectivity index (χ2v) is 9.72. The van der Waals surface area contributed by atoms with E-state index in [4.69, 9.17) is 4.74 Å². The van der Waals surface area contributed by atoms with Gasteiger partial charge in [0.1, 0.15) is 0 Å². The number of hydrogen-bond acceptors (Lipinski definition) is 3. The zero-order valence-electron chi connectivity index (χ0n) is 22.2. The van der Waals surface area contributed by atoms with Crippen LogP contribution in [0.3, 0.4) is 0 Å². The van der Waals surface area contributed by atoms with Crippen molar-refractivity contribution >= 4 is 11.8 Å². The number of carbonyl (C=O) groups is 2. The van der Waals surface area contributed by atoms with Crippen molar-refractivity contribution in [1.82, 2.24) is 9.80 Å². The molecule has 196 valence electrons. The van der Waals surface area contributed by atoms with E-state index in [1.165, 1.54) is 56.6 Å². The molecule has 0 saturated carbocycles. The van der Waals surface area contributed by atoms with Crippen LogP contribution in [0.2, 0.25) is 0 Å². The fraction of sp³-hybridized carbons (Fsp3) is 0.533. The summed E-state index contributed by atoms with van der Waals surface area (Å²) in [5.74, 6) is -0.513. The number of hydrogen-bond donors (Lipinski definition) is 0. The second kappa shape index (κ2) is 14.0. The first-order valence-electron chi connectivity index (χ1n) is 13.5. The molecule has 6 heteroatoms. The van der Waals surface area contributed by atoms with Gasteiger partial charge in [0.05, 0.1) is 7.11 Å². The van der Waals surface area contributed by atoms with E-state index >= 15 is 0 Å². The van der Waals surface area contributed by atoms with Gasteiger partial charge in [-0.05, 0) is 60.7 Å². The highest BCUT2D eigenvalue weighted by molar-refractivity contribution is 5.96. The van der Waals surface area contributed by atoms with Crippen molar-refractivity contribution in [2.24, 2.45) is 0 Å². The first kappa shape index (κ1) is 27.7. The minimum atomic E-state index is -0.491. The maximum atomic E-state index is 13.8. The van der Waals surface area contributed by atoms with E-state index in [1.54, 1.807) is 4.90 Å². The van der Waals surface area contributed by atoms with Gasteiger partial charge in [-0.1, -0.05) is 58.4 Å². The van der Waals surface area contributed by atoms with Crippen LogP contribution in [0.4, 0.5) is 4.39 Å². The summed E-state index contributed by atoms with van der Waals surface area (Å²) in [5, 5.41) is 0. The number of ether oxygens (including phenoxy) is 1. The largest absolute Gasteiger partial charge is 0.494 e. The highest BCUT2D eigenvalue weighted by Crippen LogP contribution is 2.25. The molecule has 0 aromatic heterocycles. The second-order valence-electron chi connectivity index (χ2n) is 9.72. The molecule has 0 N–H and O–H groups in total. The normalized spacial score (nSPS) is 12.8. The van der Waals surface area contributed by atoms with Gasteiger partial charge in [-0.25, -0.2) is 4.39 Å². The molecule has 1 heterocycles. The smallest absolute Gasteiger partial charge is 0.254 e. The van der Waals surface area contributed by atoms with Crippen molar-refractivity contribution in [2.45, 2.75) is 78.2 Å². The minimum absolute atomic E-state index is 0.0594.